The maximum atomic E-state index is 6.18. The summed E-state index contributed by atoms with van der Waals surface area (Å²) in [5, 5.41) is 0. The summed E-state index contributed by atoms with van der Waals surface area (Å²) in [7, 11) is 0. The Morgan fingerprint density at radius 1 is 1.16 bits per heavy atom. The maximum absolute atomic E-state index is 6.18. The van der Waals surface area contributed by atoms with Crippen LogP contribution >= 0.6 is 0 Å². The number of hydrogen-bond donors (Lipinski definition) is 1. The van der Waals surface area contributed by atoms with Crippen LogP contribution in [0.3, 0.4) is 0 Å². The Kier molecular flexibility index (Phi) is 7.11. The van der Waals surface area contributed by atoms with Crippen LogP contribution < -0.4 is 5.73 Å². The number of benzene rings is 1. The first-order chi connectivity index (χ1) is 9.16. The average Bonchev–Trinajstić information content (AvgIpc) is 2.46. The fourth-order valence-electron chi connectivity index (χ4n) is 2.57. The van der Waals surface area contributed by atoms with Gasteiger partial charge in [-0.2, -0.15) is 0 Å². The summed E-state index contributed by atoms with van der Waals surface area (Å²) in [6, 6.07) is 10.7. The predicted molar refractivity (Wildman–Crippen MR) is 82.1 cm³/mol. The zero-order chi connectivity index (χ0) is 14.3. The van der Waals surface area contributed by atoms with Crippen molar-refractivity contribution in [3.63, 3.8) is 0 Å². The van der Waals surface area contributed by atoms with Crippen LogP contribution in [0.25, 0.3) is 0 Å². The van der Waals surface area contributed by atoms with E-state index in [2.05, 4.69) is 38.1 Å². The molecule has 0 amide bonds. The average molecular weight is 263 g/mol. The summed E-state index contributed by atoms with van der Waals surface area (Å²) in [4.78, 5) is 0. The van der Waals surface area contributed by atoms with Gasteiger partial charge in [0.2, 0.25) is 0 Å². The van der Waals surface area contributed by atoms with Crippen molar-refractivity contribution >= 4 is 0 Å². The minimum absolute atomic E-state index is 0.161. The predicted octanol–water partition coefficient (Wildman–Crippen LogP) is 4.31. The molecule has 1 fully saturated rings. The Morgan fingerprint density at radius 2 is 1.79 bits per heavy atom. The van der Waals surface area contributed by atoms with E-state index in [9.17, 15) is 0 Å². The van der Waals surface area contributed by atoms with Crippen LogP contribution in [0.1, 0.15) is 58.6 Å². The summed E-state index contributed by atoms with van der Waals surface area (Å²) < 4.78 is 6.18. The highest BCUT2D eigenvalue weighted by molar-refractivity contribution is 5.16. The molecule has 2 rings (SSSR count). The Balaban J connectivity index is 0.000000861. The zero-order valence-electron chi connectivity index (χ0n) is 12.8. The Hall–Kier alpha value is -0.860. The highest BCUT2D eigenvalue weighted by Crippen LogP contribution is 2.30. The van der Waals surface area contributed by atoms with Crippen LogP contribution in [0, 0.1) is 5.92 Å². The second-order valence-corrected chi connectivity index (χ2v) is 5.28. The number of ether oxygens (including phenoxy) is 1. The quantitative estimate of drug-likeness (QED) is 0.882. The topological polar surface area (TPSA) is 35.2 Å². The molecule has 2 heteroatoms. The lowest BCUT2D eigenvalue weighted by Gasteiger charge is -2.34. The lowest BCUT2D eigenvalue weighted by atomic mass is 9.85. The first kappa shape index (κ1) is 16.2. The molecular weight excluding hydrogens is 234 g/mol. The molecule has 1 aliphatic rings. The van der Waals surface area contributed by atoms with Gasteiger partial charge in [0.25, 0.3) is 0 Å². The van der Waals surface area contributed by atoms with Crippen molar-refractivity contribution in [1.29, 1.82) is 0 Å². The van der Waals surface area contributed by atoms with Gasteiger partial charge in [-0.3, -0.25) is 0 Å². The van der Waals surface area contributed by atoms with E-state index in [0.29, 0.717) is 18.1 Å². The molecule has 2 N–H and O–H groups in total. The van der Waals surface area contributed by atoms with Crippen molar-refractivity contribution in [3.05, 3.63) is 35.9 Å². The summed E-state index contributed by atoms with van der Waals surface area (Å²) >= 11 is 0. The van der Waals surface area contributed by atoms with Crippen molar-refractivity contribution < 1.29 is 4.74 Å². The van der Waals surface area contributed by atoms with Crippen molar-refractivity contribution in [2.75, 3.05) is 0 Å². The van der Waals surface area contributed by atoms with Gasteiger partial charge in [-0.05, 0) is 37.7 Å². The first-order valence-corrected chi connectivity index (χ1v) is 7.63. The molecule has 108 valence electrons. The van der Waals surface area contributed by atoms with Gasteiger partial charge in [-0.25, -0.2) is 0 Å². The van der Waals surface area contributed by atoms with Crippen molar-refractivity contribution in [2.24, 2.45) is 11.7 Å². The van der Waals surface area contributed by atoms with E-state index in [1.165, 1.54) is 12.0 Å². The zero-order valence-corrected chi connectivity index (χ0v) is 12.8. The molecule has 0 aromatic heterocycles. The third-order valence-corrected chi connectivity index (χ3v) is 3.81. The normalized spacial score (nSPS) is 28.2. The molecular formula is C17H29NO. The summed E-state index contributed by atoms with van der Waals surface area (Å²) in [6.45, 7) is 8.40. The van der Waals surface area contributed by atoms with Crippen LogP contribution in [-0.2, 0) is 4.74 Å². The second kappa shape index (κ2) is 8.34. The fourth-order valence-corrected chi connectivity index (χ4v) is 2.57. The van der Waals surface area contributed by atoms with E-state index < -0.39 is 0 Å². The molecule has 0 saturated heterocycles. The van der Waals surface area contributed by atoms with Gasteiger partial charge in [0.05, 0.1) is 12.2 Å². The number of hydrogen-bond acceptors (Lipinski definition) is 2. The van der Waals surface area contributed by atoms with Gasteiger partial charge in [-0.15, -0.1) is 0 Å². The molecule has 3 unspecified atom stereocenters. The minimum atomic E-state index is 0.161. The van der Waals surface area contributed by atoms with Gasteiger partial charge < -0.3 is 10.5 Å². The largest absolute Gasteiger partial charge is 0.370 e. The van der Waals surface area contributed by atoms with Crippen LogP contribution in [0.5, 0.6) is 0 Å². The van der Waals surface area contributed by atoms with Crippen molar-refractivity contribution in [1.82, 2.24) is 0 Å². The van der Waals surface area contributed by atoms with E-state index in [-0.39, 0.29) is 6.10 Å². The Labute approximate surface area is 118 Å². The smallest absolute Gasteiger partial charge is 0.0800 e. The third kappa shape index (κ3) is 4.96. The number of rotatable bonds is 3. The lowest BCUT2D eigenvalue weighted by Crippen LogP contribution is -2.37. The van der Waals surface area contributed by atoms with Crippen molar-refractivity contribution in [3.8, 4) is 0 Å². The molecule has 4 atom stereocenters. The van der Waals surface area contributed by atoms with Gasteiger partial charge in [0.1, 0.15) is 0 Å². The third-order valence-electron chi connectivity index (χ3n) is 3.81. The van der Waals surface area contributed by atoms with E-state index in [1.54, 1.807) is 0 Å². The molecule has 1 aliphatic carbocycles. The molecule has 2 nitrogen and oxygen atoms in total. The fraction of sp³-hybridized carbons (Fsp3) is 0.647. The summed E-state index contributed by atoms with van der Waals surface area (Å²) in [5.74, 6) is 0.626. The lowest BCUT2D eigenvalue weighted by molar-refractivity contribution is -0.0530. The molecule has 1 aromatic rings. The van der Waals surface area contributed by atoms with Crippen molar-refractivity contribution in [2.45, 2.75) is 65.2 Å². The highest BCUT2D eigenvalue weighted by atomic mass is 16.5. The summed E-state index contributed by atoms with van der Waals surface area (Å²) in [6.07, 6.45) is 3.80. The van der Waals surface area contributed by atoms with Crippen LogP contribution in [0.15, 0.2) is 30.3 Å². The molecule has 19 heavy (non-hydrogen) atoms. The molecule has 0 radical (unpaired) electrons. The molecule has 0 aliphatic heterocycles. The maximum Gasteiger partial charge on any atom is 0.0800 e. The van der Waals surface area contributed by atoms with Gasteiger partial charge in [0.15, 0.2) is 0 Å². The number of nitrogens with two attached hydrogens (primary N) is 1. The van der Waals surface area contributed by atoms with E-state index in [4.69, 9.17) is 10.5 Å². The molecule has 1 aromatic carbocycles. The minimum Gasteiger partial charge on any atom is -0.370 e. The Bertz CT molecular complexity index is 338. The second-order valence-electron chi connectivity index (χ2n) is 5.28. The standard InChI is InChI=1S/C15H23NO.C2H6/c1-11-8-9-14(16)10-15(11)17-12(2)13-6-4-3-5-7-13;1-2/h3-7,11-12,14-15H,8-10,16H2,1-2H3;1-2H3/t11-,12?,14?,15?;/m0./s1. The first-order valence-electron chi connectivity index (χ1n) is 7.63. The van der Waals surface area contributed by atoms with Crippen LogP contribution in [-0.4, -0.2) is 12.1 Å². The Morgan fingerprint density at radius 3 is 2.42 bits per heavy atom. The highest BCUT2D eigenvalue weighted by Gasteiger charge is 2.27. The van der Waals surface area contributed by atoms with Gasteiger partial charge in [0, 0.05) is 6.04 Å². The summed E-state index contributed by atoms with van der Waals surface area (Å²) in [5.41, 5.74) is 7.27. The van der Waals surface area contributed by atoms with Gasteiger partial charge in [-0.1, -0.05) is 51.1 Å². The molecule has 0 heterocycles. The monoisotopic (exact) mass is 263 g/mol. The van der Waals surface area contributed by atoms with Crippen LogP contribution in [0.4, 0.5) is 0 Å². The molecule has 0 bridgehead atoms. The van der Waals surface area contributed by atoms with E-state index >= 15 is 0 Å². The van der Waals surface area contributed by atoms with Gasteiger partial charge >= 0.3 is 0 Å². The molecule has 0 spiro atoms. The van der Waals surface area contributed by atoms with E-state index in [1.807, 2.05) is 19.9 Å². The van der Waals surface area contributed by atoms with E-state index in [0.717, 1.165) is 12.8 Å². The van der Waals surface area contributed by atoms with Crippen LogP contribution in [0.2, 0.25) is 0 Å². The molecule has 1 saturated carbocycles. The SMILES string of the molecule is CC.CC(OC1CC(N)CC[C@@H]1C)c1ccccc1.